The lowest BCUT2D eigenvalue weighted by atomic mass is 10.0. The fourth-order valence-electron chi connectivity index (χ4n) is 2.46. The summed E-state index contributed by atoms with van der Waals surface area (Å²) in [6.45, 7) is 6.68. The lowest BCUT2D eigenvalue weighted by Crippen LogP contribution is -2.10. The van der Waals surface area contributed by atoms with Gasteiger partial charge < -0.3 is 19.3 Å². The largest absolute Gasteiger partial charge is 0.457 e. The fourth-order valence-corrected chi connectivity index (χ4v) is 2.46. The average Bonchev–Trinajstić information content (AvgIpc) is 2.68. The Bertz CT molecular complexity index is 940. The van der Waals surface area contributed by atoms with Crippen LogP contribution < -0.4 is 14.2 Å². The molecule has 0 aliphatic carbocycles. The zero-order chi connectivity index (χ0) is 19.4. The molecule has 2 aromatic carbocycles. The van der Waals surface area contributed by atoms with Crippen LogP contribution in [0, 0.1) is 0 Å². The molecule has 6 nitrogen and oxygen atoms in total. The molecule has 1 aliphatic rings. The van der Waals surface area contributed by atoms with Crippen molar-refractivity contribution in [3.05, 3.63) is 85.0 Å². The highest BCUT2D eigenvalue weighted by molar-refractivity contribution is 5.84. The number of aliphatic hydroxyl groups is 1. The van der Waals surface area contributed by atoms with Crippen LogP contribution in [-0.4, -0.2) is 17.0 Å². The molecule has 6 heteroatoms. The summed E-state index contributed by atoms with van der Waals surface area (Å²) in [6, 6.07) is 11.3. The van der Waals surface area contributed by atoms with Gasteiger partial charge in [0, 0.05) is 23.3 Å². The van der Waals surface area contributed by atoms with E-state index in [-0.39, 0.29) is 5.75 Å². The normalized spacial score (nSPS) is 14.9. The highest BCUT2D eigenvalue weighted by Gasteiger charge is 2.22. The second kappa shape index (κ2) is 7.72. The molecule has 1 aliphatic heterocycles. The fraction of sp³-hybridized carbons (Fsp3) is 0.0476. The molecule has 0 fully saturated rings. The van der Waals surface area contributed by atoms with Gasteiger partial charge in [-0.2, -0.15) is 0 Å². The van der Waals surface area contributed by atoms with Gasteiger partial charge in [-0.1, -0.05) is 13.2 Å². The summed E-state index contributed by atoms with van der Waals surface area (Å²) in [5.41, 5.74) is 1.17. The Labute approximate surface area is 155 Å². The van der Waals surface area contributed by atoms with Crippen molar-refractivity contribution in [3.8, 4) is 17.2 Å². The van der Waals surface area contributed by atoms with Crippen LogP contribution in [0.15, 0.2) is 73.9 Å². The van der Waals surface area contributed by atoms with E-state index in [9.17, 15) is 14.7 Å². The van der Waals surface area contributed by atoms with Crippen LogP contribution in [0.1, 0.15) is 17.2 Å². The van der Waals surface area contributed by atoms with E-state index in [4.69, 9.17) is 14.2 Å². The minimum Gasteiger partial charge on any atom is -0.457 e. The van der Waals surface area contributed by atoms with E-state index < -0.39 is 18.0 Å². The molecule has 0 amide bonds. The number of benzene rings is 2. The van der Waals surface area contributed by atoms with Crippen LogP contribution in [0.3, 0.4) is 0 Å². The standard InChI is InChI=1S/C21H16O6/c1-3-20(23)25-14-7-5-13(6-8-14)19-12-17(22)16-11-15(26-21(24)4-2)9-10-18(16)27-19/h3-12,17,22H,1-2H2. The van der Waals surface area contributed by atoms with Gasteiger partial charge in [0.2, 0.25) is 0 Å². The Kier molecular flexibility index (Phi) is 5.19. The highest BCUT2D eigenvalue weighted by Crippen LogP contribution is 2.38. The van der Waals surface area contributed by atoms with Crippen molar-refractivity contribution in [2.75, 3.05) is 0 Å². The monoisotopic (exact) mass is 364 g/mol. The first-order valence-electron chi connectivity index (χ1n) is 8.01. The van der Waals surface area contributed by atoms with Gasteiger partial charge in [-0.05, 0) is 48.5 Å². The number of fused-ring (bicyclic) bond motifs is 1. The number of carbonyl (C=O) groups is 2. The lowest BCUT2D eigenvalue weighted by molar-refractivity contribution is -0.129. The number of hydrogen-bond donors (Lipinski definition) is 1. The molecule has 0 aromatic heterocycles. The number of esters is 2. The SMILES string of the molecule is C=CC(=O)Oc1ccc(C2=CC(O)c3cc(OC(=O)C=C)ccc3O2)cc1. The summed E-state index contributed by atoms with van der Waals surface area (Å²) in [4.78, 5) is 22.5. The first-order chi connectivity index (χ1) is 13.0. The molecule has 3 rings (SSSR count). The minimum absolute atomic E-state index is 0.284. The predicted octanol–water partition coefficient (Wildman–Crippen LogP) is 3.34. The summed E-state index contributed by atoms with van der Waals surface area (Å²) < 4.78 is 15.9. The quantitative estimate of drug-likeness (QED) is 0.498. The average molecular weight is 364 g/mol. The van der Waals surface area contributed by atoms with Crippen LogP contribution in [-0.2, 0) is 9.59 Å². The highest BCUT2D eigenvalue weighted by atomic mass is 16.5. The second-order valence-corrected chi connectivity index (χ2v) is 5.55. The van der Waals surface area contributed by atoms with E-state index >= 15 is 0 Å². The molecule has 0 saturated heterocycles. The number of carbonyl (C=O) groups excluding carboxylic acids is 2. The molecule has 27 heavy (non-hydrogen) atoms. The van der Waals surface area contributed by atoms with Crippen LogP contribution in [0.5, 0.6) is 17.2 Å². The van der Waals surface area contributed by atoms with E-state index in [1.54, 1.807) is 36.4 Å². The van der Waals surface area contributed by atoms with Crippen molar-refractivity contribution in [1.29, 1.82) is 0 Å². The lowest BCUT2D eigenvalue weighted by Gasteiger charge is -2.22. The molecule has 0 spiro atoms. The molecule has 1 unspecified atom stereocenters. The third-order valence-electron chi connectivity index (χ3n) is 3.74. The van der Waals surface area contributed by atoms with E-state index in [2.05, 4.69) is 13.2 Å². The summed E-state index contributed by atoms with van der Waals surface area (Å²) >= 11 is 0. The number of rotatable bonds is 5. The summed E-state index contributed by atoms with van der Waals surface area (Å²) in [5.74, 6) is 0.414. The second-order valence-electron chi connectivity index (χ2n) is 5.55. The van der Waals surface area contributed by atoms with Gasteiger partial charge in [0.25, 0.3) is 0 Å². The van der Waals surface area contributed by atoms with Crippen LogP contribution in [0.25, 0.3) is 5.76 Å². The van der Waals surface area contributed by atoms with Gasteiger partial charge in [0.1, 0.15) is 29.1 Å². The smallest absolute Gasteiger partial charge is 0.335 e. The number of ether oxygens (including phenoxy) is 3. The number of aliphatic hydroxyl groups excluding tert-OH is 1. The molecule has 1 atom stereocenters. The zero-order valence-corrected chi connectivity index (χ0v) is 14.3. The van der Waals surface area contributed by atoms with Crippen LogP contribution >= 0.6 is 0 Å². The third-order valence-corrected chi connectivity index (χ3v) is 3.74. The summed E-state index contributed by atoms with van der Waals surface area (Å²) in [5, 5.41) is 10.4. The Morgan fingerprint density at radius 1 is 0.963 bits per heavy atom. The van der Waals surface area contributed by atoms with Crippen molar-refractivity contribution in [2.24, 2.45) is 0 Å². The molecule has 0 radical (unpaired) electrons. The maximum atomic E-state index is 11.3. The molecule has 136 valence electrons. The topological polar surface area (TPSA) is 82.1 Å². The Hall–Kier alpha value is -3.64. The third kappa shape index (κ3) is 4.13. The molecule has 0 saturated carbocycles. The van der Waals surface area contributed by atoms with Gasteiger partial charge in [-0.15, -0.1) is 0 Å². The summed E-state index contributed by atoms with van der Waals surface area (Å²) in [7, 11) is 0. The van der Waals surface area contributed by atoms with Crippen LogP contribution in [0.2, 0.25) is 0 Å². The predicted molar refractivity (Wildman–Crippen MR) is 98.1 cm³/mol. The molecule has 1 N–H and O–H groups in total. The number of hydrogen-bond acceptors (Lipinski definition) is 6. The van der Waals surface area contributed by atoms with Crippen molar-refractivity contribution in [3.63, 3.8) is 0 Å². The first kappa shape index (κ1) is 18.2. The van der Waals surface area contributed by atoms with Gasteiger partial charge in [-0.25, -0.2) is 9.59 Å². The molecule has 2 aromatic rings. The molecule has 1 heterocycles. The van der Waals surface area contributed by atoms with E-state index in [1.165, 1.54) is 12.1 Å². The van der Waals surface area contributed by atoms with Crippen molar-refractivity contribution in [2.45, 2.75) is 6.10 Å². The van der Waals surface area contributed by atoms with Gasteiger partial charge in [0.15, 0.2) is 0 Å². The van der Waals surface area contributed by atoms with E-state index in [1.807, 2.05) is 0 Å². The van der Waals surface area contributed by atoms with Crippen molar-refractivity contribution >= 4 is 17.7 Å². The molecule has 0 bridgehead atoms. The maximum absolute atomic E-state index is 11.3. The molecular weight excluding hydrogens is 348 g/mol. The first-order valence-corrected chi connectivity index (χ1v) is 8.01. The summed E-state index contributed by atoms with van der Waals surface area (Å²) in [6.07, 6.45) is 2.73. The van der Waals surface area contributed by atoms with E-state index in [0.29, 0.717) is 28.4 Å². The Balaban J connectivity index is 1.80. The minimum atomic E-state index is -0.940. The van der Waals surface area contributed by atoms with Gasteiger partial charge in [0.05, 0.1) is 0 Å². The Morgan fingerprint density at radius 3 is 2.19 bits per heavy atom. The van der Waals surface area contributed by atoms with Gasteiger partial charge >= 0.3 is 11.9 Å². The van der Waals surface area contributed by atoms with Crippen LogP contribution in [0.4, 0.5) is 0 Å². The van der Waals surface area contributed by atoms with E-state index in [0.717, 1.165) is 12.2 Å². The maximum Gasteiger partial charge on any atom is 0.335 e. The van der Waals surface area contributed by atoms with Crippen molar-refractivity contribution in [1.82, 2.24) is 0 Å². The molecular formula is C21H16O6. The van der Waals surface area contributed by atoms with Gasteiger partial charge in [-0.3, -0.25) is 0 Å². The Morgan fingerprint density at radius 2 is 1.56 bits per heavy atom. The van der Waals surface area contributed by atoms with Crippen molar-refractivity contribution < 1.29 is 28.9 Å². The zero-order valence-electron chi connectivity index (χ0n) is 14.3.